The number of halogens is 1. The van der Waals surface area contributed by atoms with Crippen LogP contribution in [0.1, 0.15) is 21.5 Å². The molecule has 0 atom stereocenters. The molecule has 0 fully saturated rings. The van der Waals surface area contributed by atoms with Crippen LogP contribution in [-0.2, 0) is 6.54 Å². The quantitative estimate of drug-likeness (QED) is 0.756. The molecule has 0 saturated heterocycles. The summed E-state index contributed by atoms with van der Waals surface area (Å²) in [6, 6.07) is 10.5. The van der Waals surface area contributed by atoms with Gasteiger partial charge in [-0.3, -0.25) is 4.79 Å². The first kappa shape index (κ1) is 14.9. The number of phenols is 1. The highest BCUT2D eigenvalue weighted by Gasteiger charge is 2.12. The number of benzene rings is 2. The standard InChI is InChI=1S/C15H13FN2O2S/c16-13-7-11(19)4-5-12(13)15(20)18-8-9-2-1-3-10(6-9)14(17)21/h1-7,19H,8H2,(H2,17,21)(H,18,20). The molecule has 2 rings (SSSR count). The molecule has 0 radical (unpaired) electrons. The van der Waals surface area contributed by atoms with Crippen molar-refractivity contribution in [2.45, 2.75) is 6.54 Å². The predicted octanol–water partition coefficient (Wildman–Crippen LogP) is 2.10. The molecule has 6 heteroatoms. The van der Waals surface area contributed by atoms with E-state index in [4.69, 9.17) is 23.1 Å². The summed E-state index contributed by atoms with van der Waals surface area (Å²) in [5.41, 5.74) is 6.91. The van der Waals surface area contributed by atoms with E-state index in [1.165, 1.54) is 12.1 Å². The lowest BCUT2D eigenvalue weighted by Crippen LogP contribution is -2.24. The number of nitrogens with one attached hydrogen (secondary N) is 1. The van der Waals surface area contributed by atoms with Gasteiger partial charge in [0.2, 0.25) is 0 Å². The molecule has 108 valence electrons. The van der Waals surface area contributed by atoms with E-state index in [2.05, 4.69) is 5.32 Å². The van der Waals surface area contributed by atoms with Crippen molar-refractivity contribution in [2.24, 2.45) is 5.73 Å². The fraction of sp³-hybridized carbons (Fsp3) is 0.0667. The lowest BCUT2D eigenvalue weighted by atomic mass is 10.1. The van der Waals surface area contributed by atoms with Gasteiger partial charge in [0.15, 0.2) is 0 Å². The van der Waals surface area contributed by atoms with E-state index in [-0.39, 0.29) is 22.8 Å². The van der Waals surface area contributed by atoms with Crippen molar-refractivity contribution in [1.82, 2.24) is 5.32 Å². The van der Waals surface area contributed by atoms with Gasteiger partial charge in [0, 0.05) is 18.2 Å². The summed E-state index contributed by atoms with van der Waals surface area (Å²) in [5, 5.41) is 11.7. The third-order valence-corrected chi connectivity index (χ3v) is 3.10. The second kappa shape index (κ2) is 6.32. The van der Waals surface area contributed by atoms with Gasteiger partial charge in [0.25, 0.3) is 5.91 Å². The zero-order chi connectivity index (χ0) is 15.4. The van der Waals surface area contributed by atoms with E-state index in [9.17, 15) is 9.18 Å². The highest BCUT2D eigenvalue weighted by molar-refractivity contribution is 7.80. The summed E-state index contributed by atoms with van der Waals surface area (Å²) >= 11 is 4.88. The summed E-state index contributed by atoms with van der Waals surface area (Å²) in [6.45, 7) is 0.218. The smallest absolute Gasteiger partial charge is 0.254 e. The SMILES string of the molecule is NC(=S)c1cccc(CNC(=O)c2ccc(O)cc2F)c1. The van der Waals surface area contributed by atoms with E-state index in [0.29, 0.717) is 5.56 Å². The number of phenolic OH excluding ortho intramolecular Hbond substituents is 1. The van der Waals surface area contributed by atoms with Crippen molar-refractivity contribution in [3.8, 4) is 5.75 Å². The minimum absolute atomic E-state index is 0.127. The Balaban J connectivity index is 2.07. The Morgan fingerprint density at radius 2 is 2.05 bits per heavy atom. The first-order chi connectivity index (χ1) is 9.97. The van der Waals surface area contributed by atoms with E-state index in [1.54, 1.807) is 24.3 Å². The molecular formula is C15H13FN2O2S. The maximum Gasteiger partial charge on any atom is 0.254 e. The largest absolute Gasteiger partial charge is 0.508 e. The number of hydrogen-bond acceptors (Lipinski definition) is 3. The van der Waals surface area contributed by atoms with Crippen molar-refractivity contribution in [3.63, 3.8) is 0 Å². The third kappa shape index (κ3) is 3.76. The number of nitrogens with two attached hydrogens (primary N) is 1. The molecule has 0 aliphatic rings. The lowest BCUT2D eigenvalue weighted by Gasteiger charge is -2.08. The van der Waals surface area contributed by atoms with Crippen molar-refractivity contribution in [3.05, 3.63) is 65.0 Å². The van der Waals surface area contributed by atoms with Crippen LogP contribution in [0.25, 0.3) is 0 Å². The van der Waals surface area contributed by atoms with E-state index in [1.807, 2.05) is 0 Å². The van der Waals surface area contributed by atoms with Crippen LogP contribution in [0.5, 0.6) is 5.75 Å². The normalized spacial score (nSPS) is 10.1. The van der Waals surface area contributed by atoms with Crippen LogP contribution in [0.2, 0.25) is 0 Å². The zero-order valence-corrected chi connectivity index (χ0v) is 11.8. The molecular weight excluding hydrogens is 291 g/mol. The van der Waals surface area contributed by atoms with E-state index in [0.717, 1.165) is 11.6 Å². The van der Waals surface area contributed by atoms with Crippen LogP contribution in [0.15, 0.2) is 42.5 Å². The minimum Gasteiger partial charge on any atom is -0.508 e. The van der Waals surface area contributed by atoms with Gasteiger partial charge in [0.1, 0.15) is 16.6 Å². The molecule has 0 unspecified atom stereocenters. The molecule has 4 N–H and O–H groups in total. The Bertz CT molecular complexity index is 704. The molecule has 0 aromatic heterocycles. The number of aromatic hydroxyl groups is 1. The topological polar surface area (TPSA) is 75.3 Å². The van der Waals surface area contributed by atoms with Crippen molar-refractivity contribution in [1.29, 1.82) is 0 Å². The number of amides is 1. The van der Waals surface area contributed by atoms with E-state index < -0.39 is 11.7 Å². The van der Waals surface area contributed by atoms with E-state index >= 15 is 0 Å². The lowest BCUT2D eigenvalue weighted by molar-refractivity contribution is 0.0947. The summed E-state index contributed by atoms with van der Waals surface area (Å²) in [4.78, 5) is 12.2. The second-order valence-corrected chi connectivity index (χ2v) is 4.85. The molecule has 0 aliphatic heterocycles. The summed E-state index contributed by atoms with van der Waals surface area (Å²) < 4.78 is 13.5. The van der Waals surface area contributed by atoms with Gasteiger partial charge in [-0.2, -0.15) is 0 Å². The maximum absolute atomic E-state index is 13.5. The second-order valence-electron chi connectivity index (χ2n) is 4.41. The van der Waals surface area contributed by atoms with Gasteiger partial charge in [-0.05, 0) is 23.8 Å². The first-order valence-corrected chi connectivity index (χ1v) is 6.53. The number of thiocarbonyl (C=S) groups is 1. The van der Waals surface area contributed by atoms with Crippen molar-refractivity contribution < 1.29 is 14.3 Å². The summed E-state index contributed by atoms with van der Waals surface area (Å²) in [7, 11) is 0. The fourth-order valence-corrected chi connectivity index (χ4v) is 1.93. The molecule has 0 aliphatic carbocycles. The van der Waals surface area contributed by atoms with Crippen LogP contribution >= 0.6 is 12.2 Å². The molecule has 2 aromatic rings. The van der Waals surface area contributed by atoms with Gasteiger partial charge < -0.3 is 16.2 Å². The highest BCUT2D eigenvalue weighted by atomic mass is 32.1. The van der Waals surface area contributed by atoms with Crippen LogP contribution in [0.3, 0.4) is 0 Å². The van der Waals surface area contributed by atoms with Crippen molar-refractivity contribution in [2.75, 3.05) is 0 Å². The Labute approximate surface area is 126 Å². The summed E-state index contributed by atoms with van der Waals surface area (Å²) in [5.74, 6) is -1.56. The highest BCUT2D eigenvalue weighted by Crippen LogP contribution is 2.15. The summed E-state index contributed by atoms with van der Waals surface area (Å²) in [6.07, 6.45) is 0. The molecule has 0 spiro atoms. The Hall–Kier alpha value is -2.47. The van der Waals surface area contributed by atoms with Gasteiger partial charge in [-0.1, -0.05) is 30.4 Å². The van der Waals surface area contributed by atoms with Gasteiger partial charge in [0.05, 0.1) is 5.56 Å². The number of hydrogen-bond donors (Lipinski definition) is 3. The Morgan fingerprint density at radius 1 is 1.29 bits per heavy atom. The third-order valence-electron chi connectivity index (χ3n) is 2.86. The number of rotatable bonds is 4. The van der Waals surface area contributed by atoms with Gasteiger partial charge >= 0.3 is 0 Å². The fourth-order valence-electron chi connectivity index (χ4n) is 1.80. The van der Waals surface area contributed by atoms with Crippen molar-refractivity contribution >= 4 is 23.1 Å². The van der Waals surface area contributed by atoms with Gasteiger partial charge in [-0.25, -0.2) is 4.39 Å². The predicted molar refractivity (Wildman–Crippen MR) is 81.6 cm³/mol. The van der Waals surface area contributed by atoms with Crippen LogP contribution < -0.4 is 11.1 Å². The molecule has 21 heavy (non-hydrogen) atoms. The monoisotopic (exact) mass is 304 g/mol. The van der Waals surface area contributed by atoms with Crippen LogP contribution in [-0.4, -0.2) is 16.0 Å². The van der Waals surface area contributed by atoms with Crippen LogP contribution in [0, 0.1) is 5.82 Å². The maximum atomic E-state index is 13.5. The molecule has 0 bridgehead atoms. The molecule has 0 saturated carbocycles. The molecule has 4 nitrogen and oxygen atoms in total. The molecule has 0 heterocycles. The Kier molecular flexibility index (Phi) is 4.49. The first-order valence-electron chi connectivity index (χ1n) is 6.13. The average Bonchev–Trinajstić information content (AvgIpc) is 2.45. The molecule has 2 aromatic carbocycles. The number of carbonyl (C=O) groups is 1. The van der Waals surface area contributed by atoms with Gasteiger partial charge in [-0.15, -0.1) is 0 Å². The molecule has 1 amide bonds. The number of carbonyl (C=O) groups excluding carboxylic acids is 1. The Morgan fingerprint density at radius 3 is 2.71 bits per heavy atom. The van der Waals surface area contributed by atoms with Crippen LogP contribution in [0.4, 0.5) is 4.39 Å². The zero-order valence-electron chi connectivity index (χ0n) is 11.0. The average molecular weight is 304 g/mol. The minimum atomic E-state index is -0.774.